The van der Waals surface area contributed by atoms with Crippen molar-refractivity contribution >= 4 is 11.3 Å². The van der Waals surface area contributed by atoms with Crippen LogP contribution in [0.2, 0.25) is 0 Å². The van der Waals surface area contributed by atoms with Crippen molar-refractivity contribution in [1.29, 1.82) is 0 Å². The van der Waals surface area contributed by atoms with Crippen LogP contribution in [0.25, 0.3) is 0 Å². The number of aliphatic hydroxyl groups excluding tert-OH is 1. The van der Waals surface area contributed by atoms with Crippen LogP contribution in [-0.4, -0.2) is 29.4 Å². The van der Waals surface area contributed by atoms with Crippen molar-refractivity contribution in [2.45, 2.75) is 26.4 Å². The van der Waals surface area contributed by atoms with Gasteiger partial charge in [0.15, 0.2) is 0 Å². The Bertz CT molecular complexity index is 250. The van der Waals surface area contributed by atoms with Gasteiger partial charge in [-0.05, 0) is 13.8 Å². The van der Waals surface area contributed by atoms with Gasteiger partial charge in [0, 0.05) is 24.1 Å². The number of thiazole rings is 1. The van der Waals surface area contributed by atoms with E-state index in [0.29, 0.717) is 19.6 Å². The summed E-state index contributed by atoms with van der Waals surface area (Å²) in [5, 5.41) is 12.5. The lowest BCUT2D eigenvalue weighted by atomic mass is 10.3. The first-order chi connectivity index (χ1) is 6.22. The maximum Gasteiger partial charge on any atom is 0.0954 e. The molecule has 1 aromatic rings. The summed E-state index contributed by atoms with van der Waals surface area (Å²) in [6, 6.07) is 0. The van der Waals surface area contributed by atoms with E-state index in [1.165, 1.54) is 0 Å². The largest absolute Gasteiger partial charge is 0.390 e. The molecular weight excluding hydrogens is 186 g/mol. The lowest BCUT2D eigenvalue weighted by Crippen LogP contribution is -2.17. The van der Waals surface area contributed by atoms with Gasteiger partial charge >= 0.3 is 0 Å². The van der Waals surface area contributed by atoms with Gasteiger partial charge < -0.3 is 9.84 Å². The van der Waals surface area contributed by atoms with Crippen molar-refractivity contribution in [2.75, 3.05) is 13.2 Å². The van der Waals surface area contributed by atoms with Crippen LogP contribution < -0.4 is 0 Å². The molecule has 0 amide bonds. The van der Waals surface area contributed by atoms with E-state index in [9.17, 15) is 5.11 Å². The lowest BCUT2D eigenvalue weighted by Gasteiger charge is -2.07. The molecule has 1 N–H and O–H groups in total. The van der Waals surface area contributed by atoms with E-state index >= 15 is 0 Å². The van der Waals surface area contributed by atoms with E-state index in [4.69, 9.17) is 4.74 Å². The minimum Gasteiger partial charge on any atom is -0.390 e. The summed E-state index contributed by atoms with van der Waals surface area (Å²) < 4.78 is 5.10. The number of hydrogen-bond donors (Lipinski definition) is 1. The van der Waals surface area contributed by atoms with E-state index in [1.807, 2.05) is 19.2 Å². The zero-order valence-corrected chi connectivity index (χ0v) is 8.80. The van der Waals surface area contributed by atoms with Crippen LogP contribution in [0.5, 0.6) is 0 Å². The fourth-order valence-electron chi connectivity index (χ4n) is 1.01. The van der Waals surface area contributed by atoms with Crippen molar-refractivity contribution in [2.24, 2.45) is 0 Å². The van der Waals surface area contributed by atoms with Gasteiger partial charge in [-0.1, -0.05) is 0 Å². The summed E-state index contributed by atoms with van der Waals surface area (Å²) in [5.74, 6) is 0. The second-order valence-electron chi connectivity index (χ2n) is 2.90. The Balaban J connectivity index is 2.31. The molecule has 1 aromatic heterocycles. The SMILES string of the molecule is CCOCC(O)Cc1nc(C)cs1. The maximum absolute atomic E-state index is 9.48. The smallest absolute Gasteiger partial charge is 0.0954 e. The summed E-state index contributed by atoms with van der Waals surface area (Å²) in [6.45, 7) is 4.91. The first-order valence-electron chi connectivity index (χ1n) is 4.39. The van der Waals surface area contributed by atoms with Gasteiger partial charge in [0.05, 0.1) is 17.7 Å². The van der Waals surface area contributed by atoms with E-state index in [0.717, 1.165) is 10.7 Å². The Hall–Kier alpha value is -0.450. The fourth-order valence-corrected chi connectivity index (χ4v) is 1.86. The molecule has 0 aromatic carbocycles. The highest BCUT2D eigenvalue weighted by Gasteiger charge is 2.07. The van der Waals surface area contributed by atoms with E-state index in [-0.39, 0.29) is 0 Å². The monoisotopic (exact) mass is 201 g/mol. The summed E-state index contributed by atoms with van der Waals surface area (Å²) in [6.07, 6.45) is 0.170. The van der Waals surface area contributed by atoms with Gasteiger partial charge in [0.2, 0.25) is 0 Å². The molecule has 0 aliphatic rings. The second-order valence-corrected chi connectivity index (χ2v) is 3.84. The van der Waals surface area contributed by atoms with Gasteiger partial charge in [-0.2, -0.15) is 0 Å². The Kier molecular flexibility index (Phi) is 4.35. The molecule has 0 saturated carbocycles. The molecule has 1 heterocycles. The number of aliphatic hydroxyl groups is 1. The van der Waals surface area contributed by atoms with Crippen molar-refractivity contribution in [3.8, 4) is 0 Å². The van der Waals surface area contributed by atoms with Crippen molar-refractivity contribution < 1.29 is 9.84 Å². The van der Waals surface area contributed by atoms with Crippen LogP contribution >= 0.6 is 11.3 Å². The number of rotatable bonds is 5. The van der Waals surface area contributed by atoms with Gasteiger partial charge in [-0.15, -0.1) is 11.3 Å². The molecule has 0 aliphatic carbocycles. The minimum atomic E-state index is -0.425. The summed E-state index contributed by atoms with van der Waals surface area (Å²) in [4.78, 5) is 4.26. The maximum atomic E-state index is 9.48. The quantitative estimate of drug-likeness (QED) is 0.783. The molecule has 13 heavy (non-hydrogen) atoms. The predicted molar refractivity (Wildman–Crippen MR) is 53.1 cm³/mol. The summed E-state index contributed by atoms with van der Waals surface area (Å²) >= 11 is 1.58. The molecule has 0 saturated heterocycles. The average molecular weight is 201 g/mol. The van der Waals surface area contributed by atoms with E-state index in [1.54, 1.807) is 11.3 Å². The molecule has 0 spiro atoms. The van der Waals surface area contributed by atoms with Crippen molar-refractivity contribution in [1.82, 2.24) is 4.98 Å². The Morgan fingerprint density at radius 3 is 3.00 bits per heavy atom. The second kappa shape index (κ2) is 5.32. The highest BCUT2D eigenvalue weighted by molar-refractivity contribution is 7.09. The average Bonchev–Trinajstić information content (AvgIpc) is 2.48. The fraction of sp³-hybridized carbons (Fsp3) is 0.667. The van der Waals surface area contributed by atoms with Gasteiger partial charge in [0.1, 0.15) is 0 Å². The zero-order valence-electron chi connectivity index (χ0n) is 7.99. The highest BCUT2D eigenvalue weighted by atomic mass is 32.1. The molecule has 0 radical (unpaired) electrons. The molecule has 4 heteroatoms. The number of hydrogen-bond acceptors (Lipinski definition) is 4. The molecule has 0 bridgehead atoms. The molecule has 0 fully saturated rings. The lowest BCUT2D eigenvalue weighted by molar-refractivity contribution is 0.0429. The third kappa shape index (κ3) is 3.85. The minimum absolute atomic E-state index is 0.398. The number of aromatic nitrogens is 1. The van der Waals surface area contributed by atoms with Gasteiger partial charge in [-0.3, -0.25) is 0 Å². The van der Waals surface area contributed by atoms with Crippen LogP contribution in [-0.2, 0) is 11.2 Å². The van der Waals surface area contributed by atoms with Crippen LogP contribution in [0.1, 0.15) is 17.6 Å². The standard InChI is InChI=1S/C9H15NO2S/c1-3-12-5-8(11)4-9-10-7(2)6-13-9/h6,8,11H,3-5H2,1-2H3. The Labute approximate surface area is 82.4 Å². The van der Waals surface area contributed by atoms with Gasteiger partial charge in [0.25, 0.3) is 0 Å². The molecule has 74 valence electrons. The summed E-state index contributed by atoms with van der Waals surface area (Å²) in [5.41, 5.74) is 1.02. The molecule has 1 rings (SSSR count). The van der Waals surface area contributed by atoms with Crippen LogP contribution in [0, 0.1) is 6.92 Å². The summed E-state index contributed by atoms with van der Waals surface area (Å²) in [7, 11) is 0. The van der Waals surface area contributed by atoms with Crippen LogP contribution in [0.4, 0.5) is 0 Å². The Morgan fingerprint density at radius 2 is 2.46 bits per heavy atom. The predicted octanol–water partition coefficient (Wildman–Crippen LogP) is 1.39. The van der Waals surface area contributed by atoms with E-state index in [2.05, 4.69) is 4.98 Å². The number of ether oxygens (including phenoxy) is 1. The van der Waals surface area contributed by atoms with Gasteiger partial charge in [-0.25, -0.2) is 4.98 Å². The van der Waals surface area contributed by atoms with Crippen molar-refractivity contribution in [3.05, 3.63) is 16.1 Å². The van der Waals surface area contributed by atoms with Crippen LogP contribution in [0.3, 0.4) is 0 Å². The topological polar surface area (TPSA) is 42.4 Å². The third-order valence-corrected chi connectivity index (χ3v) is 2.58. The third-order valence-electron chi connectivity index (χ3n) is 1.59. The molecule has 3 nitrogen and oxygen atoms in total. The number of aryl methyl sites for hydroxylation is 1. The molecule has 0 aliphatic heterocycles. The molecular formula is C9H15NO2S. The Morgan fingerprint density at radius 1 is 1.69 bits per heavy atom. The van der Waals surface area contributed by atoms with E-state index < -0.39 is 6.10 Å². The zero-order chi connectivity index (χ0) is 9.68. The molecule has 1 atom stereocenters. The van der Waals surface area contributed by atoms with Crippen LogP contribution in [0.15, 0.2) is 5.38 Å². The first-order valence-corrected chi connectivity index (χ1v) is 5.27. The van der Waals surface area contributed by atoms with Crippen molar-refractivity contribution in [3.63, 3.8) is 0 Å². The highest BCUT2D eigenvalue weighted by Crippen LogP contribution is 2.10. The molecule has 1 unspecified atom stereocenters. The normalized spacial score (nSPS) is 13.2. The first kappa shape index (κ1) is 10.6. The number of nitrogens with zero attached hydrogens (tertiary/aromatic N) is 1.